The Balaban J connectivity index is 1.73. The van der Waals surface area contributed by atoms with Crippen molar-refractivity contribution in [3.05, 3.63) is 35.1 Å². The minimum atomic E-state index is -1.79. The number of aryl methyl sites for hydroxylation is 1. The van der Waals surface area contributed by atoms with Gasteiger partial charge in [-0.15, -0.1) is 0 Å². The van der Waals surface area contributed by atoms with Gasteiger partial charge in [-0.2, -0.15) is 0 Å². The number of carboxylic acid groups (broad SMARTS) is 2. The SMILES string of the molecule is COc1ccc(C)c2c1OC[C@H]1C(OC(=O)[C@H](CC(=O)O)OC(=O)CCC(=O)O)=CC[C@@]3(O)[C@@H](C)N(C)CC[C@]213. The molecular weight excluding hydrogens is 526 g/mol. The molecule has 1 aromatic rings. The zero-order valence-corrected chi connectivity index (χ0v) is 23.0. The third-order valence-corrected chi connectivity index (χ3v) is 8.58. The molecule has 4 rings (SSSR count). The van der Waals surface area contributed by atoms with E-state index in [2.05, 4.69) is 4.90 Å². The Morgan fingerprint density at radius 3 is 2.55 bits per heavy atom. The fourth-order valence-electron chi connectivity index (χ4n) is 6.45. The zero-order chi connectivity index (χ0) is 29.4. The Morgan fingerprint density at radius 1 is 1.18 bits per heavy atom. The van der Waals surface area contributed by atoms with Crippen LogP contribution in [0.1, 0.15) is 50.2 Å². The lowest BCUT2D eigenvalue weighted by Gasteiger charge is -2.63. The maximum atomic E-state index is 13.2. The molecule has 3 aliphatic rings. The molecule has 1 aliphatic carbocycles. The largest absolute Gasteiger partial charge is 0.493 e. The molecular formula is C28H35NO11. The lowest BCUT2D eigenvalue weighted by Crippen LogP contribution is -2.72. The number of fused-ring (bicyclic) bond motifs is 1. The van der Waals surface area contributed by atoms with E-state index in [1.807, 2.05) is 27.0 Å². The first-order valence-electron chi connectivity index (χ1n) is 13.1. The van der Waals surface area contributed by atoms with Gasteiger partial charge in [0, 0.05) is 23.4 Å². The average Bonchev–Trinajstić information content (AvgIpc) is 2.90. The summed E-state index contributed by atoms with van der Waals surface area (Å²) in [6.07, 6.45) is -1.45. The number of esters is 2. The van der Waals surface area contributed by atoms with Crippen molar-refractivity contribution in [1.82, 2.24) is 4.90 Å². The predicted octanol–water partition coefficient (Wildman–Crippen LogP) is 1.79. The Bertz CT molecular complexity index is 1240. The molecule has 2 aliphatic heterocycles. The van der Waals surface area contributed by atoms with E-state index in [0.29, 0.717) is 24.5 Å². The van der Waals surface area contributed by atoms with Gasteiger partial charge >= 0.3 is 23.9 Å². The molecule has 0 bridgehead atoms. The maximum Gasteiger partial charge on any atom is 0.353 e. The number of nitrogens with zero attached hydrogens (tertiary/aromatic N) is 1. The Labute approximate surface area is 231 Å². The number of benzene rings is 1. The van der Waals surface area contributed by atoms with Crippen LogP contribution in [0.2, 0.25) is 0 Å². The molecule has 12 heteroatoms. The van der Waals surface area contributed by atoms with Crippen LogP contribution >= 0.6 is 0 Å². The first-order valence-corrected chi connectivity index (χ1v) is 13.1. The van der Waals surface area contributed by atoms with E-state index in [9.17, 15) is 29.4 Å². The minimum Gasteiger partial charge on any atom is -0.493 e. The van der Waals surface area contributed by atoms with Gasteiger partial charge in [-0.1, -0.05) is 6.07 Å². The topological polar surface area (TPSA) is 169 Å². The average molecular weight is 562 g/mol. The molecule has 40 heavy (non-hydrogen) atoms. The van der Waals surface area contributed by atoms with Crippen LogP contribution in [0.4, 0.5) is 0 Å². The molecule has 12 nitrogen and oxygen atoms in total. The molecule has 0 radical (unpaired) electrons. The van der Waals surface area contributed by atoms with Crippen LogP contribution in [0, 0.1) is 12.8 Å². The number of methoxy groups -OCH3 is 1. The number of aliphatic carboxylic acids is 2. The number of piperidine rings is 1. The number of carbonyl (C=O) groups excluding carboxylic acids is 2. The second-order valence-electron chi connectivity index (χ2n) is 10.7. The molecule has 0 saturated carbocycles. The fraction of sp³-hybridized carbons (Fsp3) is 0.571. The first-order chi connectivity index (χ1) is 18.9. The van der Waals surface area contributed by atoms with Crippen molar-refractivity contribution < 1.29 is 53.4 Å². The van der Waals surface area contributed by atoms with E-state index in [4.69, 9.17) is 24.1 Å². The van der Waals surface area contributed by atoms with Crippen LogP contribution in [-0.4, -0.2) is 89.2 Å². The van der Waals surface area contributed by atoms with Gasteiger partial charge in [0.25, 0.3) is 0 Å². The molecule has 1 saturated heterocycles. The quantitative estimate of drug-likeness (QED) is 0.374. The number of carboxylic acids is 2. The highest BCUT2D eigenvalue weighted by Crippen LogP contribution is 2.62. The van der Waals surface area contributed by atoms with Crippen molar-refractivity contribution in [3.8, 4) is 11.5 Å². The van der Waals surface area contributed by atoms with Gasteiger partial charge in [0.1, 0.15) is 5.76 Å². The molecule has 0 aromatic heterocycles. The molecule has 2 heterocycles. The van der Waals surface area contributed by atoms with Crippen LogP contribution in [0.15, 0.2) is 24.0 Å². The van der Waals surface area contributed by atoms with E-state index in [0.717, 1.165) is 11.1 Å². The summed E-state index contributed by atoms with van der Waals surface area (Å²) in [7, 11) is 3.48. The van der Waals surface area contributed by atoms with Crippen molar-refractivity contribution in [1.29, 1.82) is 0 Å². The zero-order valence-electron chi connectivity index (χ0n) is 23.0. The van der Waals surface area contributed by atoms with E-state index >= 15 is 0 Å². The molecule has 1 fully saturated rings. The summed E-state index contributed by atoms with van der Waals surface area (Å²) in [6.45, 7) is 4.56. The number of likely N-dealkylation sites (tertiary alicyclic amines) is 1. The van der Waals surface area contributed by atoms with Gasteiger partial charge in [-0.25, -0.2) is 4.79 Å². The smallest absolute Gasteiger partial charge is 0.353 e. The van der Waals surface area contributed by atoms with Crippen LogP contribution in [-0.2, 0) is 34.1 Å². The van der Waals surface area contributed by atoms with Gasteiger partial charge in [-0.3, -0.25) is 14.4 Å². The predicted molar refractivity (Wildman–Crippen MR) is 138 cm³/mol. The van der Waals surface area contributed by atoms with Crippen LogP contribution in [0.25, 0.3) is 0 Å². The lowest BCUT2D eigenvalue weighted by molar-refractivity contribution is -0.177. The summed E-state index contributed by atoms with van der Waals surface area (Å²) in [5.41, 5.74) is -0.565. The van der Waals surface area contributed by atoms with Gasteiger partial charge in [0.15, 0.2) is 11.5 Å². The standard InChI is InChI=1S/C28H35NO11/c1-15-5-6-19(37-4)25-24(15)27-11-12-29(3)16(2)28(27,36)10-9-18(17(27)14-38-25)40-26(35)20(13-22(32)33)39-23(34)8-7-21(30)31/h5-6,9,16-17,20,36H,7-8,10-14H2,1-4H3,(H,30,31)(H,32,33)/t16-,17+,20+,27-,28-/m1/s1. The minimum absolute atomic E-state index is 0.0483. The monoisotopic (exact) mass is 561 g/mol. The molecule has 1 aromatic carbocycles. The van der Waals surface area contributed by atoms with Gasteiger partial charge in [-0.05, 0) is 51.6 Å². The number of rotatable bonds is 9. The molecule has 3 N–H and O–H groups in total. The number of carbonyl (C=O) groups is 4. The summed E-state index contributed by atoms with van der Waals surface area (Å²) < 4.78 is 22.5. The van der Waals surface area contributed by atoms with Gasteiger partial charge in [0.05, 0.1) is 44.5 Å². The van der Waals surface area contributed by atoms with E-state index < -0.39 is 66.2 Å². The highest BCUT2D eigenvalue weighted by Gasteiger charge is 2.66. The number of aliphatic hydroxyl groups is 1. The van der Waals surface area contributed by atoms with E-state index in [1.54, 1.807) is 12.1 Å². The van der Waals surface area contributed by atoms with Crippen molar-refractivity contribution in [3.63, 3.8) is 0 Å². The Hall–Kier alpha value is -3.64. The molecule has 0 unspecified atom stereocenters. The van der Waals surface area contributed by atoms with E-state index in [1.165, 1.54) is 7.11 Å². The first kappa shape index (κ1) is 29.3. The van der Waals surface area contributed by atoms with Crippen LogP contribution in [0.5, 0.6) is 11.5 Å². The summed E-state index contributed by atoms with van der Waals surface area (Å²) in [5, 5.41) is 30.6. The summed E-state index contributed by atoms with van der Waals surface area (Å²) in [6, 6.07) is 3.42. The lowest BCUT2D eigenvalue weighted by atomic mass is 9.49. The highest BCUT2D eigenvalue weighted by atomic mass is 16.6. The van der Waals surface area contributed by atoms with Crippen molar-refractivity contribution in [2.75, 3.05) is 27.3 Å². The van der Waals surface area contributed by atoms with E-state index in [-0.39, 0.29) is 24.8 Å². The summed E-state index contributed by atoms with van der Waals surface area (Å²) >= 11 is 0. The summed E-state index contributed by atoms with van der Waals surface area (Å²) in [4.78, 5) is 49.6. The second-order valence-corrected chi connectivity index (χ2v) is 10.7. The third-order valence-electron chi connectivity index (χ3n) is 8.58. The van der Waals surface area contributed by atoms with Crippen molar-refractivity contribution in [2.45, 2.75) is 69.1 Å². The number of ether oxygens (including phenoxy) is 4. The van der Waals surface area contributed by atoms with Gasteiger partial charge in [0.2, 0.25) is 6.10 Å². The normalized spacial score (nSPS) is 28.0. The Morgan fingerprint density at radius 2 is 1.90 bits per heavy atom. The fourth-order valence-corrected chi connectivity index (χ4v) is 6.45. The van der Waals surface area contributed by atoms with Gasteiger partial charge < -0.3 is 39.2 Å². The molecule has 5 atom stereocenters. The van der Waals surface area contributed by atoms with Crippen molar-refractivity contribution >= 4 is 23.9 Å². The maximum absolute atomic E-state index is 13.2. The Kier molecular flexibility index (Phi) is 8.13. The summed E-state index contributed by atoms with van der Waals surface area (Å²) in [5.74, 6) is -4.17. The molecule has 218 valence electrons. The van der Waals surface area contributed by atoms with Crippen LogP contribution in [0.3, 0.4) is 0 Å². The highest BCUT2D eigenvalue weighted by molar-refractivity contribution is 5.85. The number of hydrogen-bond donors (Lipinski definition) is 3. The molecule has 0 amide bonds. The molecule has 1 spiro atoms. The van der Waals surface area contributed by atoms with Crippen molar-refractivity contribution in [2.24, 2.45) is 5.92 Å². The number of likely N-dealkylation sites (N-methyl/N-ethyl adjacent to an activating group) is 1. The third kappa shape index (κ3) is 4.90. The second kappa shape index (κ2) is 11.1. The van der Waals surface area contributed by atoms with Crippen LogP contribution < -0.4 is 9.47 Å². The number of hydrogen-bond acceptors (Lipinski definition) is 10.